The molecular formula is C21H27ClN4O. The number of nitrogens with zero attached hydrogens (tertiary/aromatic N) is 2. The molecule has 0 unspecified atom stereocenters. The van der Waals surface area contributed by atoms with Crippen LogP contribution in [0.15, 0.2) is 54.6 Å². The summed E-state index contributed by atoms with van der Waals surface area (Å²) in [5, 5.41) is 6.28. The summed E-state index contributed by atoms with van der Waals surface area (Å²) in [6.07, 6.45) is 1.03. The molecule has 0 aliphatic heterocycles. The second kappa shape index (κ2) is 10.1. The second-order valence-electron chi connectivity index (χ2n) is 6.45. The van der Waals surface area contributed by atoms with Gasteiger partial charge in [-0.3, -0.25) is 9.36 Å². The standard InChI is InChI=1S/C21H26N4O.ClH/c1-3-22-16(2)15-23-21(26)14-13-20-24-18-11-7-8-12-19(18)25(20)17-9-5-4-6-10-17;/h4-12,16,22H,3,13-15H2,1-2H3,(H,23,26);1H/t16-;/m1./s1. The lowest BCUT2D eigenvalue weighted by atomic mass is 10.2. The van der Waals surface area contributed by atoms with E-state index in [2.05, 4.69) is 47.2 Å². The van der Waals surface area contributed by atoms with Crippen molar-refractivity contribution < 1.29 is 4.79 Å². The molecule has 27 heavy (non-hydrogen) atoms. The number of carbonyl (C=O) groups excluding carboxylic acids is 1. The minimum atomic E-state index is 0. The zero-order valence-corrected chi connectivity index (χ0v) is 16.6. The fourth-order valence-corrected chi connectivity index (χ4v) is 3.11. The predicted octanol–water partition coefficient (Wildman–Crippen LogP) is 3.49. The van der Waals surface area contributed by atoms with E-state index in [-0.39, 0.29) is 24.4 Å². The van der Waals surface area contributed by atoms with Crippen LogP contribution in [0.5, 0.6) is 0 Å². The molecule has 1 aromatic heterocycles. The average Bonchev–Trinajstić information content (AvgIpc) is 3.04. The van der Waals surface area contributed by atoms with Gasteiger partial charge in [0.25, 0.3) is 0 Å². The van der Waals surface area contributed by atoms with E-state index >= 15 is 0 Å². The Morgan fingerprint density at radius 3 is 2.56 bits per heavy atom. The van der Waals surface area contributed by atoms with Gasteiger partial charge in [0.05, 0.1) is 11.0 Å². The highest BCUT2D eigenvalue weighted by Crippen LogP contribution is 2.22. The number of benzene rings is 2. The maximum atomic E-state index is 12.2. The first-order valence-corrected chi connectivity index (χ1v) is 9.21. The number of amides is 1. The van der Waals surface area contributed by atoms with Crippen LogP contribution >= 0.6 is 12.4 Å². The predicted molar refractivity (Wildman–Crippen MR) is 113 cm³/mol. The van der Waals surface area contributed by atoms with Gasteiger partial charge in [-0.05, 0) is 37.7 Å². The minimum absolute atomic E-state index is 0. The fourth-order valence-electron chi connectivity index (χ4n) is 3.11. The Kier molecular flexibility index (Phi) is 7.82. The van der Waals surface area contributed by atoms with Gasteiger partial charge in [0, 0.05) is 31.1 Å². The summed E-state index contributed by atoms with van der Waals surface area (Å²) >= 11 is 0. The third-order valence-electron chi connectivity index (χ3n) is 4.38. The van der Waals surface area contributed by atoms with Gasteiger partial charge in [-0.2, -0.15) is 0 Å². The molecule has 3 aromatic rings. The molecule has 1 atom stereocenters. The topological polar surface area (TPSA) is 58.9 Å². The number of carbonyl (C=O) groups is 1. The van der Waals surface area contributed by atoms with Crippen LogP contribution in [0, 0.1) is 0 Å². The monoisotopic (exact) mass is 386 g/mol. The van der Waals surface area contributed by atoms with Crippen LogP contribution in [-0.2, 0) is 11.2 Å². The SMILES string of the molecule is CCN[C@H](C)CNC(=O)CCc1nc2ccccc2n1-c1ccccc1.Cl. The van der Waals surface area contributed by atoms with Crippen LogP contribution in [0.25, 0.3) is 16.7 Å². The van der Waals surface area contributed by atoms with Crippen molar-refractivity contribution >= 4 is 29.3 Å². The van der Waals surface area contributed by atoms with E-state index in [1.54, 1.807) is 0 Å². The molecule has 5 nitrogen and oxygen atoms in total. The van der Waals surface area contributed by atoms with Gasteiger partial charge in [-0.15, -0.1) is 12.4 Å². The Balaban J connectivity index is 0.00000261. The summed E-state index contributed by atoms with van der Waals surface area (Å²) in [6.45, 7) is 5.67. The third-order valence-corrected chi connectivity index (χ3v) is 4.38. The van der Waals surface area contributed by atoms with E-state index in [0.717, 1.165) is 29.1 Å². The summed E-state index contributed by atoms with van der Waals surface area (Å²) < 4.78 is 2.14. The molecule has 0 spiro atoms. The lowest BCUT2D eigenvalue weighted by Gasteiger charge is -2.13. The molecule has 2 aromatic carbocycles. The van der Waals surface area contributed by atoms with E-state index in [4.69, 9.17) is 4.98 Å². The molecule has 0 bridgehead atoms. The summed E-state index contributed by atoms with van der Waals surface area (Å²) in [6, 6.07) is 18.5. The molecule has 2 N–H and O–H groups in total. The van der Waals surface area contributed by atoms with Crippen LogP contribution in [-0.4, -0.2) is 34.6 Å². The van der Waals surface area contributed by atoms with Crippen molar-refractivity contribution in [3.63, 3.8) is 0 Å². The molecular weight excluding hydrogens is 360 g/mol. The number of fused-ring (bicyclic) bond motifs is 1. The van der Waals surface area contributed by atoms with E-state index in [9.17, 15) is 4.79 Å². The molecule has 144 valence electrons. The number of aryl methyl sites for hydroxylation is 1. The van der Waals surface area contributed by atoms with Crippen molar-refractivity contribution in [2.45, 2.75) is 32.7 Å². The first-order chi connectivity index (χ1) is 12.7. The quantitative estimate of drug-likeness (QED) is 0.623. The fraction of sp³-hybridized carbons (Fsp3) is 0.333. The van der Waals surface area contributed by atoms with Gasteiger partial charge in [-0.1, -0.05) is 37.3 Å². The molecule has 0 aliphatic carbocycles. The van der Waals surface area contributed by atoms with Crippen LogP contribution in [0.3, 0.4) is 0 Å². The minimum Gasteiger partial charge on any atom is -0.355 e. The number of aromatic nitrogens is 2. The zero-order chi connectivity index (χ0) is 18.4. The maximum Gasteiger partial charge on any atom is 0.220 e. The number of imidazole rings is 1. The normalized spacial score (nSPS) is 11.8. The highest BCUT2D eigenvalue weighted by Gasteiger charge is 2.13. The smallest absolute Gasteiger partial charge is 0.220 e. The van der Waals surface area contributed by atoms with E-state index in [0.29, 0.717) is 19.4 Å². The molecule has 0 fully saturated rings. The molecule has 0 aliphatic rings. The van der Waals surface area contributed by atoms with Gasteiger partial charge < -0.3 is 10.6 Å². The summed E-state index contributed by atoms with van der Waals surface area (Å²) in [7, 11) is 0. The molecule has 0 saturated carbocycles. The molecule has 3 rings (SSSR count). The second-order valence-corrected chi connectivity index (χ2v) is 6.45. The van der Waals surface area contributed by atoms with Gasteiger partial charge in [0.1, 0.15) is 5.82 Å². The number of likely N-dealkylation sites (N-methyl/N-ethyl adjacent to an activating group) is 1. The average molecular weight is 387 g/mol. The Hall–Kier alpha value is -2.37. The van der Waals surface area contributed by atoms with Gasteiger partial charge in [0.15, 0.2) is 0 Å². The number of halogens is 1. The van der Waals surface area contributed by atoms with Crippen molar-refractivity contribution in [2.75, 3.05) is 13.1 Å². The zero-order valence-electron chi connectivity index (χ0n) is 15.8. The van der Waals surface area contributed by atoms with E-state index in [1.807, 2.05) is 36.4 Å². The molecule has 1 heterocycles. The van der Waals surface area contributed by atoms with Crippen LogP contribution in [0.1, 0.15) is 26.1 Å². The third kappa shape index (κ3) is 5.31. The summed E-state index contributed by atoms with van der Waals surface area (Å²) in [5.74, 6) is 0.966. The van der Waals surface area contributed by atoms with Crippen LogP contribution in [0.2, 0.25) is 0 Å². The Labute approximate surface area is 166 Å². The number of rotatable bonds is 8. The number of hydrogen-bond acceptors (Lipinski definition) is 3. The van der Waals surface area contributed by atoms with Crippen LogP contribution < -0.4 is 10.6 Å². The van der Waals surface area contributed by atoms with Gasteiger partial charge in [0.2, 0.25) is 5.91 Å². The maximum absolute atomic E-state index is 12.2. The number of nitrogens with one attached hydrogen (secondary N) is 2. The first kappa shape index (κ1) is 20.9. The van der Waals surface area contributed by atoms with Crippen molar-refractivity contribution in [3.8, 4) is 5.69 Å². The molecule has 0 radical (unpaired) electrons. The highest BCUT2D eigenvalue weighted by atomic mass is 35.5. The van der Waals surface area contributed by atoms with E-state index in [1.165, 1.54) is 0 Å². The molecule has 1 amide bonds. The van der Waals surface area contributed by atoms with Crippen molar-refractivity contribution in [3.05, 3.63) is 60.4 Å². The molecule has 6 heteroatoms. The van der Waals surface area contributed by atoms with Gasteiger partial charge >= 0.3 is 0 Å². The van der Waals surface area contributed by atoms with Crippen LogP contribution in [0.4, 0.5) is 0 Å². The first-order valence-electron chi connectivity index (χ1n) is 9.21. The van der Waals surface area contributed by atoms with E-state index < -0.39 is 0 Å². The summed E-state index contributed by atoms with van der Waals surface area (Å²) in [5.41, 5.74) is 3.08. The Morgan fingerprint density at radius 2 is 1.81 bits per heavy atom. The Morgan fingerprint density at radius 1 is 1.11 bits per heavy atom. The highest BCUT2D eigenvalue weighted by molar-refractivity contribution is 5.85. The van der Waals surface area contributed by atoms with Crippen molar-refractivity contribution in [2.24, 2.45) is 0 Å². The van der Waals surface area contributed by atoms with Crippen molar-refractivity contribution in [1.29, 1.82) is 0 Å². The van der Waals surface area contributed by atoms with Crippen molar-refractivity contribution in [1.82, 2.24) is 20.2 Å². The lowest BCUT2D eigenvalue weighted by Crippen LogP contribution is -2.38. The summed E-state index contributed by atoms with van der Waals surface area (Å²) in [4.78, 5) is 17.0. The molecule has 0 saturated heterocycles. The number of hydrogen-bond donors (Lipinski definition) is 2. The van der Waals surface area contributed by atoms with Gasteiger partial charge in [-0.25, -0.2) is 4.98 Å². The Bertz CT molecular complexity index is 863. The lowest BCUT2D eigenvalue weighted by molar-refractivity contribution is -0.121. The number of para-hydroxylation sites is 3. The largest absolute Gasteiger partial charge is 0.355 e.